The Bertz CT molecular complexity index is 1090. The molecule has 8 nitrogen and oxygen atoms in total. The molecule has 0 aromatic heterocycles. The first-order chi connectivity index (χ1) is 26.6. The van der Waals surface area contributed by atoms with Gasteiger partial charge in [0.25, 0.3) is 0 Å². The van der Waals surface area contributed by atoms with Crippen molar-refractivity contribution in [3.63, 3.8) is 0 Å². The number of hydrogen-bond donors (Lipinski definition) is 1. The van der Waals surface area contributed by atoms with E-state index in [1.165, 1.54) is 57.8 Å². The van der Waals surface area contributed by atoms with Crippen LogP contribution in [0.3, 0.4) is 0 Å². The van der Waals surface area contributed by atoms with Crippen LogP contribution < -0.4 is 0 Å². The Labute approximate surface area is 337 Å². The van der Waals surface area contributed by atoms with Crippen LogP contribution in [0, 0.1) is 0 Å². The highest BCUT2D eigenvalue weighted by Gasteiger charge is 2.31. The van der Waals surface area contributed by atoms with E-state index in [9.17, 15) is 19.5 Å². The van der Waals surface area contributed by atoms with Gasteiger partial charge in [-0.25, -0.2) is 4.79 Å². The highest BCUT2D eigenvalue weighted by molar-refractivity contribution is 5.72. The van der Waals surface area contributed by atoms with Crippen LogP contribution in [0.25, 0.3) is 0 Å². The standard InChI is InChI=1S/C47H81NO7/c1-6-8-10-12-14-16-17-18-19-20-21-22-23-24-25-26-27-28-29-30-32-33-35-37-45(49)54-42-43(41-53-40-39-44(47(51)52)48(3,4)5)55-46(50)38-36-34-31-15-13-11-9-7-2/h8,10,14,16,18-19,21-22,24-25,43-44H,6-7,9,11-13,15,17,20,23,26-42H2,1-5H3/p+1/b10-8+,16-14+,19-18+,22-21+,25-24+. The van der Waals surface area contributed by atoms with Crippen LogP contribution in [0.5, 0.6) is 0 Å². The second kappa shape index (κ2) is 37.9. The van der Waals surface area contributed by atoms with Crippen molar-refractivity contribution in [1.82, 2.24) is 0 Å². The van der Waals surface area contributed by atoms with Crippen LogP contribution >= 0.6 is 0 Å². The predicted octanol–water partition coefficient (Wildman–Crippen LogP) is 11.8. The molecule has 0 aliphatic carbocycles. The molecule has 0 rings (SSSR count). The van der Waals surface area contributed by atoms with Gasteiger partial charge in [0.05, 0.1) is 34.4 Å². The SMILES string of the molecule is CC/C=C/C/C=C/C/C=C/C/C=C/C/C=C/CCCCCCCCCC(=O)OCC(COCCC(C(=O)O)[N+](C)(C)C)OC(=O)CCCCCCCCCC. The Morgan fingerprint density at radius 3 is 1.51 bits per heavy atom. The lowest BCUT2D eigenvalue weighted by Crippen LogP contribution is -2.50. The van der Waals surface area contributed by atoms with Crippen LogP contribution in [-0.4, -0.2) is 80.6 Å². The van der Waals surface area contributed by atoms with Gasteiger partial charge in [-0.1, -0.05) is 152 Å². The van der Waals surface area contributed by atoms with Crippen LogP contribution in [0.2, 0.25) is 0 Å². The summed E-state index contributed by atoms with van der Waals surface area (Å²) >= 11 is 0. The quantitative estimate of drug-likeness (QED) is 0.0289. The van der Waals surface area contributed by atoms with Gasteiger partial charge in [-0.15, -0.1) is 0 Å². The third-order valence-corrected chi connectivity index (χ3v) is 9.43. The van der Waals surface area contributed by atoms with E-state index >= 15 is 0 Å². The third kappa shape index (κ3) is 36.4. The maximum absolute atomic E-state index is 12.6. The first kappa shape index (κ1) is 52.0. The number of nitrogens with zero attached hydrogens (tertiary/aromatic N) is 1. The summed E-state index contributed by atoms with van der Waals surface area (Å²) in [4.78, 5) is 36.8. The van der Waals surface area contributed by atoms with E-state index in [-0.39, 0.29) is 36.2 Å². The maximum Gasteiger partial charge on any atom is 0.362 e. The van der Waals surface area contributed by atoms with Crippen molar-refractivity contribution in [3.8, 4) is 0 Å². The van der Waals surface area contributed by atoms with Crippen LogP contribution in [-0.2, 0) is 28.6 Å². The molecule has 316 valence electrons. The van der Waals surface area contributed by atoms with Crippen molar-refractivity contribution in [2.75, 3.05) is 41.0 Å². The monoisotopic (exact) mass is 773 g/mol. The molecular formula is C47H82NO7+. The molecule has 2 atom stereocenters. The second-order valence-corrected chi connectivity index (χ2v) is 15.6. The van der Waals surface area contributed by atoms with E-state index < -0.39 is 18.1 Å². The molecule has 0 fully saturated rings. The Kier molecular flexibility index (Phi) is 35.9. The number of quaternary nitrogens is 1. The maximum atomic E-state index is 12.6. The molecule has 0 amide bonds. The summed E-state index contributed by atoms with van der Waals surface area (Å²) in [6.45, 7) is 4.57. The predicted molar refractivity (Wildman–Crippen MR) is 229 cm³/mol. The summed E-state index contributed by atoms with van der Waals surface area (Å²) < 4.78 is 17.2. The number of esters is 2. The van der Waals surface area contributed by atoms with Crippen molar-refractivity contribution < 1.29 is 38.2 Å². The van der Waals surface area contributed by atoms with Crippen molar-refractivity contribution in [3.05, 3.63) is 60.8 Å². The first-order valence-electron chi connectivity index (χ1n) is 21.8. The lowest BCUT2D eigenvalue weighted by molar-refractivity contribution is -0.887. The average Bonchev–Trinajstić information content (AvgIpc) is 3.14. The fourth-order valence-corrected chi connectivity index (χ4v) is 6.06. The number of carbonyl (C=O) groups excluding carboxylic acids is 2. The minimum atomic E-state index is -0.879. The Hall–Kier alpha value is -2.97. The Balaban J connectivity index is 4.22. The highest BCUT2D eigenvalue weighted by Crippen LogP contribution is 2.13. The minimum Gasteiger partial charge on any atom is -0.477 e. The molecule has 0 bridgehead atoms. The third-order valence-electron chi connectivity index (χ3n) is 9.43. The van der Waals surface area contributed by atoms with E-state index in [1.807, 2.05) is 21.1 Å². The largest absolute Gasteiger partial charge is 0.477 e. The summed E-state index contributed by atoms with van der Waals surface area (Å²) in [5.41, 5.74) is 0. The molecule has 0 aromatic carbocycles. The van der Waals surface area contributed by atoms with E-state index in [0.29, 0.717) is 19.3 Å². The fourth-order valence-electron chi connectivity index (χ4n) is 6.06. The van der Waals surface area contributed by atoms with Gasteiger partial charge in [-0.3, -0.25) is 9.59 Å². The van der Waals surface area contributed by atoms with Gasteiger partial charge in [-0.05, 0) is 57.8 Å². The summed E-state index contributed by atoms with van der Waals surface area (Å²) in [5.74, 6) is -1.49. The first-order valence-corrected chi connectivity index (χ1v) is 21.8. The fraction of sp³-hybridized carbons (Fsp3) is 0.723. The number of likely N-dealkylation sites (N-methyl/N-ethyl adjacent to an activating group) is 1. The molecule has 55 heavy (non-hydrogen) atoms. The average molecular weight is 773 g/mol. The van der Waals surface area contributed by atoms with Crippen LogP contribution in [0.4, 0.5) is 0 Å². The normalized spacial score (nSPS) is 13.5. The number of allylic oxidation sites excluding steroid dienone is 10. The van der Waals surface area contributed by atoms with Crippen LogP contribution in [0.1, 0.15) is 168 Å². The number of aliphatic carboxylic acids is 1. The molecule has 0 spiro atoms. The van der Waals surface area contributed by atoms with Gasteiger partial charge < -0.3 is 23.8 Å². The lowest BCUT2D eigenvalue weighted by atomic mass is 10.1. The number of unbranched alkanes of at least 4 members (excludes halogenated alkanes) is 14. The minimum absolute atomic E-state index is 0.0566. The smallest absolute Gasteiger partial charge is 0.362 e. The zero-order valence-electron chi connectivity index (χ0n) is 35.9. The van der Waals surface area contributed by atoms with Gasteiger partial charge in [0.15, 0.2) is 12.1 Å². The summed E-state index contributed by atoms with van der Waals surface area (Å²) in [7, 11) is 5.51. The zero-order chi connectivity index (χ0) is 40.7. The summed E-state index contributed by atoms with van der Waals surface area (Å²) in [6, 6.07) is -0.615. The van der Waals surface area contributed by atoms with Crippen molar-refractivity contribution >= 4 is 17.9 Å². The number of hydrogen-bond acceptors (Lipinski definition) is 6. The van der Waals surface area contributed by atoms with E-state index in [1.54, 1.807) is 0 Å². The lowest BCUT2D eigenvalue weighted by Gasteiger charge is -2.31. The van der Waals surface area contributed by atoms with E-state index in [2.05, 4.69) is 74.6 Å². The molecule has 0 saturated heterocycles. The molecule has 0 saturated carbocycles. The van der Waals surface area contributed by atoms with Crippen LogP contribution in [0.15, 0.2) is 60.8 Å². The van der Waals surface area contributed by atoms with Crippen molar-refractivity contribution in [2.45, 2.75) is 180 Å². The van der Waals surface area contributed by atoms with Gasteiger partial charge in [0, 0.05) is 19.3 Å². The number of carboxylic acids is 1. The van der Waals surface area contributed by atoms with Gasteiger partial charge >= 0.3 is 17.9 Å². The Morgan fingerprint density at radius 1 is 0.564 bits per heavy atom. The summed E-state index contributed by atoms with van der Waals surface area (Å²) in [5, 5.41) is 9.59. The molecular weight excluding hydrogens is 691 g/mol. The molecule has 8 heteroatoms. The molecule has 0 heterocycles. The van der Waals surface area contributed by atoms with Gasteiger partial charge in [0.1, 0.15) is 6.61 Å². The van der Waals surface area contributed by atoms with Crippen molar-refractivity contribution in [1.29, 1.82) is 0 Å². The molecule has 0 aliphatic heterocycles. The topological polar surface area (TPSA) is 99.1 Å². The molecule has 2 unspecified atom stereocenters. The highest BCUT2D eigenvalue weighted by atomic mass is 16.6. The molecule has 0 radical (unpaired) electrons. The number of ether oxygens (including phenoxy) is 3. The molecule has 0 aromatic rings. The van der Waals surface area contributed by atoms with Gasteiger partial charge in [0.2, 0.25) is 0 Å². The van der Waals surface area contributed by atoms with Gasteiger partial charge in [-0.2, -0.15) is 0 Å². The molecule has 0 aliphatic rings. The van der Waals surface area contributed by atoms with E-state index in [0.717, 1.165) is 77.0 Å². The zero-order valence-corrected chi connectivity index (χ0v) is 35.9. The second-order valence-electron chi connectivity index (χ2n) is 15.6. The number of carbonyl (C=O) groups is 3. The molecule has 1 N–H and O–H groups in total. The number of rotatable bonds is 38. The summed E-state index contributed by atoms with van der Waals surface area (Å²) in [6.07, 6.45) is 45.6. The van der Waals surface area contributed by atoms with E-state index in [4.69, 9.17) is 14.2 Å². The van der Waals surface area contributed by atoms with Crippen molar-refractivity contribution in [2.24, 2.45) is 0 Å². The Morgan fingerprint density at radius 2 is 1.02 bits per heavy atom. The number of carboxylic acid groups (broad SMARTS) is 1.